The Morgan fingerprint density at radius 2 is 2.14 bits per heavy atom. The van der Waals surface area contributed by atoms with E-state index in [1.165, 1.54) is 11.3 Å². The fraction of sp³-hybridized carbons (Fsp3) is 0.267. The molecule has 0 aromatic carbocycles. The van der Waals surface area contributed by atoms with Crippen LogP contribution in [-0.4, -0.2) is 23.3 Å². The third-order valence-corrected chi connectivity index (χ3v) is 3.93. The van der Waals surface area contributed by atoms with Crippen molar-refractivity contribution in [1.29, 1.82) is 0 Å². The average molecular weight is 303 g/mol. The van der Waals surface area contributed by atoms with E-state index >= 15 is 0 Å². The van der Waals surface area contributed by atoms with E-state index < -0.39 is 0 Å². The van der Waals surface area contributed by atoms with Gasteiger partial charge in [0.1, 0.15) is 0 Å². The molecule has 0 bridgehead atoms. The van der Waals surface area contributed by atoms with Crippen LogP contribution in [0.1, 0.15) is 27.2 Å². The molecule has 2 N–H and O–H groups in total. The summed E-state index contributed by atoms with van der Waals surface area (Å²) >= 11 is 1.40. The first-order chi connectivity index (χ1) is 10.2. The number of nitrogens with zero attached hydrogens (tertiary/aromatic N) is 1. The van der Waals surface area contributed by atoms with Crippen molar-refractivity contribution < 1.29 is 9.59 Å². The molecule has 0 unspecified atom stereocenters. The zero-order chi connectivity index (χ0) is 15.1. The second kappa shape index (κ2) is 7.54. The normalized spacial score (nSPS) is 10.1. The number of aryl methyl sites for hydroxylation is 1. The average Bonchev–Trinajstić information content (AvgIpc) is 2.92. The zero-order valence-electron chi connectivity index (χ0n) is 11.8. The molecule has 0 spiro atoms. The number of hydrogen-bond acceptors (Lipinski definition) is 4. The highest BCUT2D eigenvalue weighted by Gasteiger charge is 2.10. The topological polar surface area (TPSA) is 71.1 Å². The van der Waals surface area contributed by atoms with Gasteiger partial charge in [-0.1, -0.05) is 6.07 Å². The van der Waals surface area contributed by atoms with E-state index in [4.69, 9.17) is 0 Å². The second-order valence-electron chi connectivity index (χ2n) is 4.58. The van der Waals surface area contributed by atoms with Crippen LogP contribution in [-0.2, 0) is 11.3 Å². The van der Waals surface area contributed by atoms with Crippen LogP contribution < -0.4 is 10.6 Å². The van der Waals surface area contributed by atoms with E-state index in [9.17, 15) is 9.59 Å². The lowest BCUT2D eigenvalue weighted by Crippen LogP contribution is -2.30. The standard InChI is InChI=1S/C15H17N3O2S/c1-11-5-8-21-14(11)15(20)17-7-4-13(19)18-10-12-3-2-6-16-9-12/h2-3,5-6,8-9H,4,7,10H2,1H3,(H,17,20)(H,18,19). The van der Waals surface area contributed by atoms with Crippen LogP contribution in [0.15, 0.2) is 36.0 Å². The Morgan fingerprint density at radius 1 is 1.29 bits per heavy atom. The van der Waals surface area contributed by atoms with Gasteiger partial charge in [-0.05, 0) is 35.6 Å². The van der Waals surface area contributed by atoms with E-state index in [0.29, 0.717) is 18.0 Å². The van der Waals surface area contributed by atoms with Gasteiger partial charge in [0.25, 0.3) is 5.91 Å². The Bertz CT molecular complexity index is 610. The minimum absolute atomic E-state index is 0.0953. The van der Waals surface area contributed by atoms with Gasteiger partial charge in [0.15, 0.2) is 0 Å². The lowest BCUT2D eigenvalue weighted by atomic mass is 10.2. The van der Waals surface area contributed by atoms with Crippen LogP contribution in [0.2, 0.25) is 0 Å². The van der Waals surface area contributed by atoms with E-state index in [1.54, 1.807) is 12.4 Å². The second-order valence-corrected chi connectivity index (χ2v) is 5.49. The SMILES string of the molecule is Cc1ccsc1C(=O)NCCC(=O)NCc1cccnc1. The van der Waals surface area contributed by atoms with E-state index in [0.717, 1.165) is 11.1 Å². The number of carbonyl (C=O) groups excluding carboxylic acids is 2. The maximum Gasteiger partial charge on any atom is 0.261 e. The predicted octanol–water partition coefficient (Wildman–Crippen LogP) is 1.89. The maximum absolute atomic E-state index is 11.8. The van der Waals surface area contributed by atoms with Gasteiger partial charge in [-0.15, -0.1) is 11.3 Å². The number of nitrogens with one attached hydrogen (secondary N) is 2. The van der Waals surface area contributed by atoms with Crippen molar-refractivity contribution in [3.8, 4) is 0 Å². The fourth-order valence-corrected chi connectivity index (χ4v) is 2.61. The Labute approximate surface area is 127 Å². The van der Waals surface area contributed by atoms with Gasteiger partial charge < -0.3 is 10.6 Å². The van der Waals surface area contributed by atoms with Crippen LogP contribution >= 0.6 is 11.3 Å². The van der Waals surface area contributed by atoms with Crippen molar-refractivity contribution >= 4 is 23.2 Å². The molecule has 0 fully saturated rings. The largest absolute Gasteiger partial charge is 0.352 e. The molecular formula is C15H17N3O2S. The van der Waals surface area contributed by atoms with Gasteiger partial charge in [-0.25, -0.2) is 0 Å². The highest BCUT2D eigenvalue weighted by Crippen LogP contribution is 2.14. The molecule has 0 aliphatic heterocycles. The summed E-state index contributed by atoms with van der Waals surface area (Å²) in [7, 11) is 0. The fourth-order valence-electron chi connectivity index (χ4n) is 1.77. The summed E-state index contributed by atoms with van der Waals surface area (Å²) in [6, 6.07) is 5.62. The molecule has 2 aromatic heterocycles. The van der Waals surface area contributed by atoms with Gasteiger partial charge >= 0.3 is 0 Å². The van der Waals surface area contributed by atoms with Crippen LogP contribution in [0, 0.1) is 6.92 Å². The van der Waals surface area contributed by atoms with Gasteiger partial charge in [-0.3, -0.25) is 14.6 Å². The number of amides is 2. The number of aromatic nitrogens is 1. The first-order valence-corrected chi connectivity index (χ1v) is 7.52. The Kier molecular flexibility index (Phi) is 5.45. The van der Waals surface area contributed by atoms with Gasteiger partial charge in [0.05, 0.1) is 4.88 Å². The molecule has 0 atom stereocenters. The third-order valence-electron chi connectivity index (χ3n) is 2.92. The molecule has 6 heteroatoms. The quantitative estimate of drug-likeness (QED) is 0.856. The van der Waals surface area contributed by atoms with E-state index in [1.807, 2.05) is 30.5 Å². The molecule has 0 radical (unpaired) electrons. The van der Waals surface area contributed by atoms with Crippen molar-refractivity contribution in [3.05, 3.63) is 52.0 Å². The Hall–Kier alpha value is -2.21. The van der Waals surface area contributed by atoms with Gasteiger partial charge in [0.2, 0.25) is 5.91 Å². The van der Waals surface area contributed by atoms with Gasteiger partial charge in [-0.2, -0.15) is 0 Å². The molecule has 2 heterocycles. The third kappa shape index (κ3) is 4.68. The maximum atomic E-state index is 11.8. The number of carbonyl (C=O) groups is 2. The molecule has 2 amide bonds. The van der Waals surface area contributed by atoms with Crippen molar-refractivity contribution in [2.24, 2.45) is 0 Å². The van der Waals surface area contributed by atoms with Crippen LogP contribution in [0.5, 0.6) is 0 Å². The summed E-state index contributed by atoms with van der Waals surface area (Å²) in [5, 5.41) is 7.42. The summed E-state index contributed by atoms with van der Waals surface area (Å²) in [5.74, 6) is -0.218. The highest BCUT2D eigenvalue weighted by atomic mass is 32.1. The number of rotatable bonds is 6. The first kappa shape index (κ1) is 15.2. The molecule has 2 aromatic rings. The van der Waals surface area contributed by atoms with Crippen molar-refractivity contribution in [3.63, 3.8) is 0 Å². The molecule has 0 saturated carbocycles. The van der Waals surface area contributed by atoms with Crippen LogP contribution in [0.4, 0.5) is 0 Å². The van der Waals surface area contributed by atoms with Crippen LogP contribution in [0.3, 0.4) is 0 Å². The molecule has 2 rings (SSSR count). The lowest BCUT2D eigenvalue weighted by Gasteiger charge is -2.06. The Morgan fingerprint density at radius 3 is 2.81 bits per heavy atom. The first-order valence-electron chi connectivity index (χ1n) is 6.64. The molecule has 0 aliphatic carbocycles. The molecule has 110 valence electrons. The molecule has 21 heavy (non-hydrogen) atoms. The summed E-state index contributed by atoms with van der Waals surface area (Å²) in [6.07, 6.45) is 3.66. The smallest absolute Gasteiger partial charge is 0.261 e. The van der Waals surface area contributed by atoms with Gasteiger partial charge in [0, 0.05) is 31.9 Å². The summed E-state index contributed by atoms with van der Waals surface area (Å²) in [6.45, 7) is 2.67. The zero-order valence-corrected chi connectivity index (χ0v) is 12.6. The van der Waals surface area contributed by atoms with Crippen molar-refractivity contribution in [2.45, 2.75) is 19.9 Å². The summed E-state index contributed by atoms with van der Waals surface area (Å²) < 4.78 is 0. The predicted molar refractivity (Wildman–Crippen MR) is 82.1 cm³/mol. The number of thiophene rings is 1. The Balaban J connectivity index is 1.68. The summed E-state index contributed by atoms with van der Waals surface area (Å²) in [4.78, 5) is 28.2. The summed E-state index contributed by atoms with van der Waals surface area (Å²) in [5.41, 5.74) is 1.91. The van der Waals surface area contributed by atoms with Crippen molar-refractivity contribution in [1.82, 2.24) is 15.6 Å². The minimum Gasteiger partial charge on any atom is -0.352 e. The monoisotopic (exact) mass is 303 g/mol. The highest BCUT2D eigenvalue weighted by molar-refractivity contribution is 7.12. The molecular weight excluding hydrogens is 286 g/mol. The minimum atomic E-state index is -0.123. The molecule has 0 saturated heterocycles. The molecule has 5 nitrogen and oxygen atoms in total. The molecule has 0 aliphatic rings. The van der Waals surface area contributed by atoms with E-state index in [2.05, 4.69) is 15.6 Å². The number of pyridine rings is 1. The van der Waals surface area contributed by atoms with Crippen LogP contribution in [0.25, 0.3) is 0 Å². The lowest BCUT2D eigenvalue weighted by molar-refractivity contribution is -0.121. The van der Waals surface area contributed by atoms with E-state index in [-0.39, 0.29) is 18.2 Å². The van der Waals surface area contributed by atoms with Crippen molar-refractivity contribution in [2.75, 3.05) is 6.54 Å². The number of hydrogen-bond donors (Lipinski definition) is 2.